The first kappa shape index (κ1) is 14.7. The lowest BCUT2D eigenvalue weighted by molar-refractivity contribution is -0.136. The molecule has 2 aromatic carbocycles. The third-order valence-corrected chi connectivity index (χ3v) is 4.20. The topological polar surface area (TPSA) is 37.3 Å². The predicted octanol–water partition coefficient (Wildman–Crippen LogP) is 4.09. The van der Waals surface area contributed by atoms with Gasteiger partial charge < -0.3 is 5.11 Å². The maximum Gasteiger partial charge on any atom is 0.317 e. The fraction of sp³-hybridized carbons (Fsp3) is 0.235. The second-order valence-electron chi connectivity index (χ2n) is 4.96. The molecule has 2 nitrogen and oxygen atoms in total. The van der Waals surface area contributed by atoms with Crippen molar-refractivity contribution < 1.29 is 9.90 Å². The van der Waals surface area contributed by atoms with Gasteiger partial charge in [-0.05, 0) is 38.0 Å². The average molecular weight is 286 g/mol. The van der Waals surface area contributed by atoms with Gasteiger partial charge in [0.1, 0.15) is 5.25 Å². The molecule has 0 saturated carbocycles. The standard InChI is InChI=1S/C17H18O2S/c1-12-8-13(2)10-14(9-12)11-16(17(18)19)20-15-6-4-3-5-7-15/h3-10,16H,11H2,1-2H3,(H,18,19)/t16-/m0/s1. The van der Waals surface area contributed by atoms with E-state index < -0.39 is 11.2 Å². The van der Waals surface area contributed by atoms with Crippen LogP contribution < -0.4 is 0 Å². The summed E-state index contributed by atoms with van der Waals surface area (Å²) in [5.74, 6) is -0.766. The number of aryl methyl sites for hydroxylation is 2. The van der Waals surface area contributed by atoms with Crippen LogP contribution >= 0.6 is 11.8 Å². The summed E-state index contributed by atoms with van der Waals surface area (Å²) >= 11 is 1.40. The van der Waals surface area contributed by atoms with Gasteiger partial charge in [-0.2, -0.15) is 0 Å². The molecule has 0 fully saturated rings. The summed E-state index contributed by atoms with van der Waals surface area (Å²) in [6.07, 6.45) is 0.539. The molecule has 1 atom stereocenters. The lowest BCUT2D eigenvalue weighted by atomic mass is 10.0. The Morgan fingerprint density at radius 1 is 1.10 bits per heavy atom. The summed E-state index contributed by atoms with van der Waals surface area (Å²) in [6, 6.07) is 15.9. The molecule has 0 amide bonds. The molecule has 0 heterocycles. The van der Waals surface area contributed by atoms with Gasteiger partial charge in [-0.3, -0.25) is 4.79 Å². The zero-order valence-electron chi connectivity index (χ0n) is 11.7. The largest absolute Gasteiger partial charge is 0.480 e. The van der Waals surface area contributed by atoms with Crippen LogP contribution in [0, 0.1) is 13.8 Å². The van der Waals surface area contributed by atoms with Gasteiger partial charge in [0.2, 0.25) is 0 Å². The van der Waals surface area contributed by atoms with E-state index in [2.05, 4.69) is 18.2 Å². The monoisotopic (exact) mass is 286 g/mol. The molecule has 1 N–H and O–H groups in total. The van der Waals surface area contributed by atoms with Gasteiger partial charge in [0, 0.05) is 4.90 Å². The van der Waals surface area contributed by atoms with E-state index in [4.69, 9.17) is 0 Å². The fourth-order valence-electron chi connectivity index (χ4n) is 2.24. The summed E-state index contributed by atoms with van der Waals surface area (Å²) in [5.41, 5.74) is 3.43. The third-order valence-electron chi connectivity index (χ3n) is 3.00. The zero-order valence-corrected chi connectivity index (χ0v) is 12.5. The second-order valence-corrected chi connectivity index (χ2v) is 6.23. The highest BCUT2D eigenvalue weighted by Gasteiger charge is 2.19. The van der Waals surface area contributed by atoms with Gasteiger partial charge in [0.05, 0.1) is 0 Å². The van der Waals surface area contributed by atoms with Crippen molar-refractivity contribution in [3.05, 3.63) is 65.2 Å². The Morgan fingerprint density at radius 3 is 2.25 bits per heavy atom. The molecular formula is C17H18O2S. The number of carboxylic acids is 1. The van der Waals surface area contributed by atoms with Crippen LogP contribution in [-0.4, -0.2) is 16.3 Å². The van der Waals surface area contributed by atoms with Gasteiger partial charge in [0.25, 0.3) is 0 Å². The van der Waals surface area contributed by atoms with Gasteiger partial charge in [-0.1, -0.05) is 47.5 Å². The molecule has 0 aliphatic carbocycles. The molecule has 104 valence electrons. The summed E-state index contributed by atoms with van der Waals surface area (Å²) in [5, 5.41) is 8.95. The van der Waals surface area contributed by atoms with Crippen LogP contribution in [0.15, 0.2) is 53.4 Å². The van der Waals surface area contributed by atoms with Gasteiger partial charge in [-0.15, -0.1) is 11.8 Å². The Kier molecular flexibility index (Phi) is 4.85. The number of carboxylic acid groups (broad SMARTS) is 1. The van der Waals surface area contributed by atoms with Crippen molar-refractivity contribution in [2.24, 2.45) is 0 Å². The van der Waals surface area contributed by atoms with Crippen molar-refractivity contribution in [3.8, 4) is 0 Å². The molecular weight excluding hydrogens is 268 g/mol. The van der Waals surface area contributed by atoms with Crippen LogP contribution in [0.3, 0.4) is 0 Å². The van der Waals surface area contributed by atoms with Crippen molar-refractivity contribution >= 4 is 17.7 Å². The van der Waals surface area contributed by atoms with E-state index in [0.29, 0.717) is 6.42 Å². The van der Waals surface area contributed by atoms with E-state index in [1.165, 1.54) is 22.9 Å². The smallest absolute Gasteiger partial charge is 0.317 e. The average Bonchev–Trinajstić information content (AvgIpc) is 2.38. The van der Waals surface area contributed by atoms with Crippen LogP contribution in [0.5, 0.6) is 0 Å². The zero-order chi connectivity index (χ0) is 14.5. The minimum Gasteiger partial charge on any atom is -0.480 e. The van der Waals surface area contributed by atoms with Gasteiger partial charge in [0.15, 0.2) is 0 Å². The Labute approximate surface area is 123 Å². The minimum absolute atomic E-state index is 0.460. The third kappa shape index (κ3) is 4.14. The fourth-order valence-corrected chi connectivity index (χ4v) is 3.26. The maximum atomic E-state index is 11.5. The number of benzene rings is 2. The highest BCUT2D eigenvalue weighted by atomic mass is 32.2. The molecule has 0 radical (unpaired) electrons. The van der Waals surface area contributed by atoms with Crippen molar-refractivity contribution in [2.75, 3.05) is 0 Å². The predicted molar refractivity (Wildman–Crippen MR) is 83.3 cm³/mol. The number of thioether (sulfide) groups is 1. The number of hydrogen-bond donors (Lipinski definition) is 1. The van der Waals surface area contributed by atoms with Gasteiger partial charge >= 0.3 is 5.97 Å². The number of carbonyl (C=O) groups is 1. The minimum atomic E-state index is -0.766. The Bertz CT molecular complexity index is 573. The normalized spacial score (nSPS) is 12.1. The van der Waals surface area contributed by atoms with Crippen molar-refractivity contribution in [1.29, 1.82) is 0 Å². The van der Waals surface area contributed by atoms with Crippen LogP contribution in [0.1, 0.15) is 16.7 Å². The number of hydrogen-bond acceptors (Lipinski definition) is 2. The SMILES string of the molecule is Cc1cc(C)cc(C[C@H](Sc2ccccc2)C(=O)O)c1. The van der Waals surface area contributed by atoms with E-state index >= 15 is 0 Å². The van der Waals surface area contributed by atoms with E-state index in [1.807, 2.05) is 44.2 Å². The lowest BCUT2D eigenvalue weighted by Gasteiger charge is -2.13. The summed E-state index contributed by atoms with van der Waals surface area (Å²) in [4.78, 5) is 12.4. The molecule has 0 aliphatic rings. The molecule has 2 rings (SSSR count). The van der Waals surface area contributed by atoms with Crippen LogP contribution in [0.2, 0.25) is 0 Å². The second kappa shape index (κ2) is 6.62. The molecule has 0 unspecified atom stereocenters. The van der Waals surface area contributed by atoms with Crippen LogP contribution in [0.25, 0.3) is 0 Å². The highest BCUT2D eigenvalue weighted by molar-refractivity contribution is 8.00. The first-order valence-corrected chi connectivity index (χ1v) is 7.44. The maximum absolute atomic E-state index is 11.5. The first-order valence-electron chi connectivity index (χ1n) is 6.56. The van der Waals surface area contributed by atoms with Crippen molar-refractivity contribution in [3.63, 3.8) is 0 Å². The quantitative estimate of drug-likeness (QED) is 0.841. The number of rotatable bonds is 5. The summed E-state index contributed by atoms with van der Waals surface area (Å²) in [7, 11) is 0. The molecule has 0 aliphatic heterocycles. The molecule has 2 aromatic rings. The molecule has 3 heteroatoms. The Morgan fingerprint density at radius 2 is 1.70 bits per heavy atom. The summed E-state index contributed by atoms with van der Waals surface area (Å²) in [6.45, 7) is 4.08. The van der Waals surface area contributed by atoms with Gasteiger partial charge in [-0.25, -0.2) is 0 Å². The number of aliphatic carboxylic acids is 1. The van der Waals surface area contributed by atoms with E-state index in [-0.39, 0.29) is 0 Å². The molecule has 0 bridgehead atoms. The molecule has 0 spiro atoms. The van der Waals surface area contributed by atoms with E-state index in [1.54, 1.807) is 0 Å². The van der Waals surface area contributed by atoms with E-state index in [9.17, 15) is 9.90 Å². The highest BCUT2D eigenvalue weighted by Crippen LogP contribution is 2.26. The van der Waals surface area contributed by atoms with Crippen molar-refractivity contribution in [1.82, 2.24) is 0 Å². The lowest BCUT2D eigenvalue weighted by Crippen LogP contribution is -2.19. The molecule has 0 aromatic heterocycles. The van der Waals surface area contributed by atoms with Crippen LogP contribution in [-0.2, 0) is 11.2 Å². The Hall–Kier alpha value is -1.74. The summed E-state index contributed by atoms with van der Waals surface area (Å²) < 4.78 is 0. The van der Waals surface area contributed by atoms with Crippen LogP contribution in [0.4, 0.5) is 0 Å². The Balaban J connectivity index is 2.15. The van der Waals surface area contributed by atoms with E-state index in [0.717, 1.165) is 10.5 Å². The van der Waals surface area contributed by atoms with Crippen molar-refractivity contribution in [2.45, 2.75) is 30.4 Å². The first-order chi connectivity index (χ1) is 9.54. The molecule has 20 heavy (non-hydrogen) atoms. The molecule has 0 saturated heterocycles.